The van der Waals surface area contributed by atoms with Gasteiger partial charge >= 0.3 is 0 Å². The van der Waals surface area contributed by atoms with Crippen molar-refractivity contribution in [3.8, 4) is 6.07 Å². The lowest BCUT2D eigenvalue weighted by Crippen LogP contribution is -2.23. The van der Waals surface area contributed by atoms with E-state index in [0.717, 1.165) is 6.07 Å². The van der Waals surface area contributed by atoms with E-state index in [2.05, 4.69) is 11.4 Å². The first-order valence-corrected chi connectivity index (χ1v) is 5.80. The summed E-state index contributed by atoms with van der Waals surface area (Å²) in [6, 6.07) is 5.36. The Kier molecular flexibility index (Phi) is 5.23. The molecule has 0 spiro atoms. The fourth-order valence-electron chi connectivity index (χ4n) is 1.15. The van der Waals surface area contributed by atoms with E-state index < -0.39 is 11.6 Å². The van der Waals surface area contributed by atoms with Crippen LogP contribution in [0.5, 0.6) is 0 Å². The summed E-state index contributed by atoms with van der Waals surface area (Å²) in [7, 11) is 1.71. The Labute approximate surface area is 97.7 Å². The van der Waals surface area contributed by atoms with E-state index in [-0.39, 0.29) is 6.04 Å². The Bertz CT molecular complexity index is 390. The lowest BCUT2D eigenvalue weighted by atomic mass is 10.3. The number of hydrogen-bond donors (Lipinski definition) is 1. The van der Waals surface area contributed by atoms with Gasteiger partial charge in [-0.2, -0.15) is 5.26 Å². The molecule has 0 aromatic heterocycles. The van der Waals surface area contributed by atoms with E-state index in [4.69, 9.17) is 5.26 Å². The molecule has 0 saturated heterocycles. The van der Waals surface area contributed by atoms with E-state index in [9.17, 15) is 8.78 Å². The second-order valence-electron chi connectivity index (χ2n) is 3.18. The number of rotatable bonds is 5. The maximum Gasteiger partial charge on any atom is 0.139 e. The number of thioether (sulfide) groups is 1. The van der Waals surface area contributed by atoms with Gasteiger partial charge in [-0.25, -0.2) is 8.78 Å². The highest BCUT2D eigenvalue weighted by Crippen LogP contribution is 2.23. The first-order chi connectivity index (χ1) is 7.67. The van der Waals surface area contributed by atoms with E-state index in [0.29, 0.717) is 17.1 Å². The van der Waals surface area contributed by atoms with Crippen molar-refractivity contribution < 1.29 is 8.78 Å². The van der Waals surface area contributed by atoms with Gasteiger partial charge in [0.25, 0.3) is 0 Å². The minimum absolute atomic E-state index is 0.226. The van der Waals surface area contributed by atoms with E-state index in [1.54, 1.807) is 7.05 Å². The quantitative estimate of drug-likeness (QED) is 0.806. The summed E-state index contributed by atoms with van der Waals surface area (Å²) in [6.45, 7) is 0. The zero-order chi connectivity index (χ0) is 12.0. The summed E-state index contributed by atoms with van der Waals surface area (Å²) in [5.41, 5.74) is 0. The zero-order valence-electron chi connectivity index (χ0n) is 8.84. The molecule has 1 atom stereocenters. The van der Waals surface area contributed by atoms with Crippen molar-refractivity contribution in [2.24, 2.45) is 0 Å². The molecule has 0 bridgehead atoms. The Balaban J connectivity index is 2.46. The molecule has 0 amide bonds. The van der Waals surface area contributed by atoms with Crippen LogP contribution in [0.25, 0.3) is 0 Å². The standard InChI is InChI=1S/C11H12F2N2S/c1-15-9(7-14)4-5-16-11-3-2-8(12)6-10(11)13/h2-3,6,9,15H,4-5H2,1H3. The number of benzene rings is 1. The molecule has 0 heterocycles. The number of nitrogens with zero attached hydrogens (tertiary/aromatic N) is 1. The Morgan fingerprint density at radius 1 is 1.50 bits per heavy atom. The topological polar surface area (TPSA) is 35.8 Å². The molecule has 0 fully saturated rings. The normalized spacial score (nSPS) is 12.1. The van der Waals surface area contributed by atoms with E-state index >= 15 is 0 Å². The van der Waals surface area contributed by atoms with Crippen LogP contribution in [0, 0.1) is 23.0 Å². The van der Waals surface area contributed by atoms with Crippen LogP contribution in [0.15, 0.2) is 23.1 Å². The molecule has 0 radical (unpaired) electrons. The van der Waals surface area contributed by atoms with Crippen LogP contribution >= 0.6 is 11.8 Å². The third-order valence-electron chi connectivity index (χ3n) is 2.06. The van der Waals surface area contributed by atoms with Crippen LogP contribution in [0.3, 0.4) is 0 Å². The molecule has 0 aliphatic rings. The predicted octanol–water partition coefficient (Wildman–Crippen LogP) is 2.56. The van der Waals surface area contributed by atoms with Crippen molar-refractivity contribution in [3.63, 3.8) is 0 Å². The van der Waals surface area contributed by atoms with Crippen LogP contribution in [-0.4, -0.2) is 18.8 Å². The number of hydrogen-bond acceptors (Lipinski definition) is 3. The summed E-state index contributed by atoms with van der Waals surface area (Å²) >= 11 is 1.28. The highest BCUT2D eigenvalue weighted by molar-refractivity contribution is 7.99. The molecule has 1 unspecified atom stereocenters. The van der Waals surface area contributed by atoms with Gasteiger partial charge in [0.15, 0.2) is 0 Å². The third kappa shape index (κ3) is 3.80. The maximum atomic E-state index is 13.2. The van der Waals surface area contributed by atoms with Crippen LogP contribution < -0.4 is 5.32 Å². The van der Waals surface area contributed by atoms with Gasteiger partial charge in [0.1, 0.15) is 11.6 Å². The Morgan fingerprint density at radius 3 is 2.81 bits per heavy atom. The molecule has 1 aromatic rings. The molecule has 1 aromatic carbocycles. The van der Waals surface area contributed by atoms with Crippen LogP contribution in [0.1, 0.15) is 6.42 Å². The molecule has 16 heavy (non-hydrogen) atoms. The average Bonchev–Trinajstić information content (AvgIpc) is 2.27. The second-order valence-corrected chi connectivity index (χ2v) is 4.32. The number of nitrogens with one attached hydrogen (secondary N) is 1. The number of halogens is 2. The van der Waals surface area contributed by atoms with Crippen molar-refractivity contribution in [1.82, 2.24) is 5.32 Å². The SMILES string of the molecule is CNC(C#N)CCSc1ccc(F)cc1F. The summed E-state index contributed by atoms with van der Waals surface area (Å²) in [6.07, 6.45) is 0.620. The van der Waals surface area contributed by atoms with Crippen molar-refractivity contribution in [2.75, 3.05) is 12.8 Å². The van der Waals surface area contributed by atoms with Gasteiger partial charge in [-0.05, 0) is 25.6 Å². The fourth-order valence-corrected chi connectivity index (χ4v) is 2.09. The Morgan fingerprint density at radius 2 is 2.25 bits per heavy atom. The molecular weight excluding hydrogens is 230 g/mol. The summed E-state index contributed by atoms with van der Waals surface area (Å²) < 4.78 is 25.8. The molecule has 0 saturated carbocycles. The summed E-state index contributed by atoms with van der Waals surface area (Å²) in [5.74, 6) is -0.517. The lowest BCUT2D eigenvalue weighted by Gasteiger charge is -2.07. The van der Waals surface area contributed by atoms with Gasteiger partial charge in [0, 0.05) is 16.7 Å². The molecule has 86 valence electrons. The van der Waals surface area contributed by atoms with E-state index in [1.807, 2.05) is 0 Å². The monoisotopic (exact) mass is 242 g/mol. The summed E-state index contributed by atoms with van der Waals surface area (Å²) in [4.78, 5) is 0.411. The van der Waals surface area contributed by atoms with E-state index in [1.165, 1.54) is 23.9 Å². The highest BCUT2D eigenvalue weighted by atomic mass is 32.2. The van der Waals surface area contributed by atoms with Crippen LogP contribution in [-0.2, 0) is 0 Å². The van der Waals surface area contributed by atoms with Gasteiger partial charge in [-0.15, -0.1) is 11.8 Å². The van der Waals surface area contributed by atoms with Crippen molar-refractivity contribution in [1.29, 1.82) is 5.26 Å². The second kappa shape index (κ2) is 6.46. The first kappa shape index (κ1) is 12.9. The average molecular weight is 242 g/mol. The maximum absolute atomic E-state index is 13.2. The summed E-state index contributed by atoms with van der Waals surface area (Å²) in [5, 5.41) is 11.5. The first-order valence-electron chi connectivity index (χ1n) is 4.82. The predicted molar refractivity (Wildman–Crippen MR) is 60.2 cm³/mol. The van der Waals surface area contributed by atoms with Crippen LogP contribution in [0.2, 0.25) is 0 Å². The molecule has 1 N–H and O–H groups in total. The minimum Gasteiger partial charge on any atom is -0.305 e. The van der Waals surface area contributed by atoms with Gasteiger partial charge in [-0.3, -0.25) is 0 Å². The lowest BCUT2D eigenvalue weighted by molar-refractivity contribution is 0.565. The zero-order valence-corrected chi connectivity index (χ0v) is 9.65. The van der Waals surface area contributed by atoms with Crippen molar-refractivity contribution >= 4 is 11.8 Å². The third-order valence-corrected chi connectivity index (χ3v) is 3.14. The largest absolute Gasteiger partial charge is 0.305 e. The smallest absolute Gasteiger partial charge is 0.139 e. The molecular formula is C11H12F2N2S. The molecule has 2 nitrogen and oxygen atoms in total. The highest BCUT2D eigenvalue weighted by Gasteiger charge is 2.07. The van der Waals surface area contributed by atoms with Crippen molar-refractivity contribution in [2.45, 2.75) is 17.4 Å². The van der Waals surface area contributed by atoms with Crippen molar-refractivity contribution in [3.05, 3.63) is 29.8 Å². The molecule has 1 rings (SSSR count). The van der Waals surface area contributed by atoms with Gasteiger partial charge in [0.05, 0.1) is 12.1 Å². The minimum atomic E-state index is -0.577. The molecule has 5 heteroatoms. The molecule has 0 aliphatic heterocycles. The van der Waals surface area contributed by atoms with Gasteiger partial charge in [-0.1, -0.05) is 0 Å². The number of nitriles is 1. The van der Waals surface area contributed by atoms with Gasteiger partial charge < -0.3 is 5.32 Å². The van der Waals surface area contributed by atoms with Gasteiger partial charge in [0.2, 0.25) is 0 Å². The Hall–Kier alpha value is -1.12. The molecule has 0 aliphatic carbocycles. The van der Waals surface area contributed by atoms with Crippen LogP contribution in [0.4, 0.5) is 8.78 Å². The fraction of sp³-hybridized carbons (Fsp3) is 0.364.